The zero-order valence-electron chi connectivity index (χ0n) is 5.25. The van der Waals surface area contributed by atoms with Crippen molar-refractivity contribution in [2.45, 2.75) is 18.4 Å². The Labute approximate surface area is 54.8 Å². The molecule has 0 bridgehead atoms. The summed E-state index contributed by atoms with van der Waals surface area (Å²) in [5.74, 6) is 0. The minimum atomic E-state index is 0.240. The summed E-state index contributed by atoms with van der Waals surface area (Å²) in [5.41, 5.74) is 0.240. The van der Waals surface area contributed by atoms with E-state index >= 15 is 0 Å². The van der Waals surface area contributed by atoms with Gasteiger partial charge >= 0.3 is 0 Å². The van der Waals surface area contributed by atoms with E-state index in [4.69, 9.17) is 0 Å². The van der Waals surface area contributed by atoms with Crippen LogP contribution >= 0.6 is 0 Å². The lowest BCUT2D eigenvalue weighted by Crippen LogP contribution is -1.96. The fourth-order valence-corrected chi connectivity index (χ4v) is 1.01. The first-order valence-corrected chi connectivity index (χ1v) is 3.31. The lowest BCUT2D eigenvalue weighted by atomic mass is 10.3. The molecular formula is C8H9N. The summed E-state index contributed by atoms with van der Waals surface area (Å²) in [6.07, 6.45) is 12.6. The van der Waals surface area contributed by atoms with Crippen LogP contribution in [-0.4, -0.2) is 11.8 Å². The topological polar surface area (TPSA) is 12.4 Å². The van der Waals surface area contributed by atoms with Gasteiger partial charge in [0, 0.05) is 6.21 Å². The van der Waals surface area contributed by atoms with Crippen molar-refractivity contribution in [1.29, 1.82) is 0 Å². The Bertz CT molecular complexity index is 177. The Kier molecular flexibility index (Phi) is 0.865. The Balaban J connectivity index is 2.29. The van der Waals surface area contributed by atoms with E-state index in [9.17, 15) is 0 Å². The van der Waals surface area contributed by atoms with Crippen molar-refractivity contribution in [2.24, 2.45) is 4.99 Å². The second kappa shape index (κ2) is 1.56. The van der Waals surface area contributed by atoms with Gasteiger partial charge in [0.25, 0.3) is 0 Å². The normalized spacial score (nSPS) is 26.7. The van der Waals surface area contributed by atoms with Crippen LogP contribution in [0, 0.1) is 0 Å². The third-order valence-electron chi connectivity index (χ3n) is 1.81. The molecule has 1 aliphatic heterocycles. The number of allylic oxidation sites excluding steroid dienone is 3. The average Bonchev–Trinajstić information content (AvgIpc) is 2.64. The maximum Gasteiger partial charge on any atom is 0.0792 e. The Morgan fingerprint density at radius 3 is 2.78 bits per heavy atom. The molecular weight excluding hydrogens is 110 g/mol. The van der Waals surface area contributed by atoms with Crippen LogP contribution in [0.25, 0.3) is 0 Å². The van der Waals surface area contributed by atoms with Crippen LogP contribution in [0.1, 0.15) is 12.8 Å². The number of hydrogen-bond acceptors (Lipinski definition) is 1. The molecule has 0 aromatic heterocycles. The second-order valence-corrected chi connectivity index (χ2v) is 2.63. The van der Waals surface area contributed by atoms with E-state index in [1.807, 2.05) is 18.4 Å². The molecule has 1 heteroatoms. The van der Waals surface area contributed by atoms with Gasteiger partial charge in [-0.2, -0.15) is 0 Å². The molecule has 0 atom stereocenters. The highest BCUT2D eigenvalue weighted by molar-refractivity contribution is 5.73. The van der Waals surface area contributed by atoms with Gasteiger partial charge in [0.05, 0.1) is 5.54 Å². The predicted molar refractivity (Wildman–Crippen MR) is 38.7 cm³/mol. The molecule has 0 amide bonds. The second-order valence-electron chi connectivity index (χ2n) is 2.63. The van der Waals surface area contributed by atoms with Gasteiger partial charge in [0.2, 0.25) is 0 Å². The van der Waals surface area contributed by atoms with E-state index in [1.54, 1.807) is 0 Å². The lowest BCUT2D eigenvalue weighted by molar-refractivity contribution is 0.866. The minimum absolute atomic E-state index is 0.240. The number of rotatable bonds is 0. The standard InChI is InChI=1S/C8H9N/c1-2-4-8(5-6-8)9-7-3-1/h1-4,7H,5-6H2. The van der Waals surface area contributed by atoms with Crippen LogP contribution in [-0.2, 0) is 0 Å². The first-order chi connectivity index (χ1) is 4.41. The molecule has 2 aliphatic rings. The van der Waals surface area contributed by atoms with Crippen LogP contribution in [0.15, 0.2) is 29.3 Å². The SMILES string of the molecule is C1=CC=NC2(C=C1)CC2. The van der Waals surface area contributed by atoms with Crippen molar-refractivity contribution in [1.82, 2.24) is 0 Å². The van der Waals surface area contributed by atoms with E-state index in [0.717, 1.165) is 0 Å². The van der Waals surface area contributed by atoms with Crippen molar-refractivity contribution < 1.29 is 0 Å². The average molecular weight is 119 g/mol. The molecule has 46 valence electrons. The third kappa shape index (κ3) is 0.826. The summed E-state index contributed by atoms with van der Waals surface area (Å²) in [4.78, 5) is 4.37. The molecule has 2 rings (SSSR count). The van der Waals surface area contributed by atoms with Crippen LogP contribution in [0.2, 0.25) is 0 Å². The molecule has 9 heavy (non-hydrogen) atoms. The maximum atomic E-state index is 4.37. The minimum Gasteiger partial charge on any atom is -0.282 e. The molecule has 0 unspecified atom stereocenters. The molecule has 1 saturated carbocycles. The zero-order chi connectivity index (χ0) is 6.16. The summed E-state index contributed by atoms with van der Waals surface area (Å²) >= 11 is 0. The largest absolute Gasteiger partial charge is 0.282 e. The summed E-state index contributed by atoms with van der Waals surface area (Å²) in [6, 6.07) is 0. The first kappa shape index (κ1) is 4.98. The highest BCUT2D eigenvalue weighted by atomic mass is 14.9. The van der Waals surface area contributed by atoms with Crippen molar-refractivity contribution in [3.8, 4) is 0 Å². The van der Waals surface area contributed by atoms with Crippen LogP contribution in [0.4, 0.5) is 0 Å². The van der Waals surface area contributed by atoms with Gasteiger partial charge in [-0.05, 0) is 18.9 Å². The van der Waals surface area contributed by atoms with Gasteiger partial charge in [0.15, 0.2) is 0 Å². The molecule has 1 heterocycles. The zero-order valence-corrected chi connectivity index (χ0v) is 5.25. The van der Waals surface area contributed by atoms with Gasteiger partial charge in [-0.3, -0.25) is 4.99 Å². The summed E-state index contributed by atoms with van der Waals surface area (Å²) < 4.78 is 0. The summed E-state index contributed by atoms with van der Waals surface area (Å²) in [5, 5.41) is 0. The Morgan fingerprint density at radius 1 is 1.11 bits per heavy atom. The van der Waals surface area contributed by atoms with Crippen LogP contribution < -0.4 is 0 Å². The fraction of sp³-hybridized carbons (Fsp3) is 0.375. The molecule has 1 fully saturated rings. The van der Waals surface area contributed by atoms with E-state index in [0.29, 0.717) is 0 Å². The predicted octanol–water partition coefficient (Wildman–Crippen LogP) is 1.72. The quantitative estimate of drug-likeness (QED) is 0.460. The van der Waals surface area contributed by atoms with Crippen molar-refractivity contribution in [2.75, 3.05) is 0 Å². The van der Waals surface area contributed by atoms with E-state index in [1.165, 1.54) is 12.8 Å². The van der Waals surface area contributed by atoms with E-state index in [2.05, 4.69) is 17.1 Å². The van der Waals surface area contributed by atoms with Gasteiger partial charge in [-0.15, -0.1) is 0 Å². The van der Waals surface area contributed by atoms with Gasteiger partial charge in [-0.25, -0.2) is 0 Å². The summed E-state index contributed by atoms with van der Waals surface area (Å²) in [6.45, 7) is 0. The molecule has 0 N–H and O–H groups in total. The number of nitrogens with zero attached hydrogens (tertiary/aromatic N) is 1. The van der Waals surface area contributed by atoms with Crippen LogP contribution in [0.3, 0.4) is 0 Å². The highest BCUT2D eigenvalue weighted by Crippen LogP contribution is 2.41. The smallest absolute Gasteiger partial charge is 0.0792 e. The van der Waals surface area contributed by atoms with Crippen molar-refractivity contribution in [3.63, 3.8) is 0 Å². The molecule has 0 saturated heterocycles. The summed E-state index contributed by atoms with van der Waals surface area (Å²) in [7, 11) is 0. The molecule has 1 aliphatic carbocycles. The van der Waals surface area contributed by atoms with Crippen molar-refractivity contribution in [3.05, 3.63) is 24.3 Å². The maximum absolute atomic E-state index is 4.37. The lowest BCUT2D eigenvalue weighted by Gasteiger charge is -1.96. The molecule has 0 aromatic carbocycles. The first-order valence-electron chi connectivity index (χ1n) is 3.31. The Morgan fingerprint density at radius 2 is 2.00 bits per heavy atom. The molecule has 0 aromatic rings. The van der Waals surface area contributed by atoms with Gasteiger partial charge < -0.3 is 0 Å². The third-order valence-corrected chi connectivity index (χ3v) is 1.81. The van der Waals surface area contributed by atoms with E-state index in [-0.39, 0.29) is 5.54 Å². The molecule has 1 spiro atoms. The number of aliphatic imine (C=N–C) groups is 1. The van der Waals surface area contributed by atoms with E-state index < -0.39 is 0 Å². The fourth-order valence-electron chi connectivity index (χ4n) is 1.01. The van der Waals surface area contributed by atoms with Crippen LogP contribution in [0.5, 0.6) is 0 Å². The monoisotopic (exact) mass is 119 g/mol. The number of hydrogen-bond donors (Lipinski definition) is 0. The van der Waals surface area contributed by atoms with Crippen molar-refractivity contribution >= 4 is 6.21 Å². The van der Waals surface area contributed by atoms with Gasteiger partial charge in [-0.1, -0.05) is 18.2 Å². The van der Waals surface area contributed by atoms with Gasteiger partial charge in [0.1, 0.15) is 0 Å². The highest BCUT2D eigenvalue weighted by Gasteiger charge is 2.39. The molecule has 0 radical (unpaired) electrons. The molecule has 1 nitrogen and oxygen atoms in total. The Hall–Kier alpha value is -0.850.